The Morgan fingerprint density at radius 1 is 1.14 bits per heavy atom. The summed E-state index contributed by atoms with van der Waals surface area (Å²) in [5, 5.41) is 6.65. The average molecular weight is 504 g/mol. The molecule has 1 amide bonds. The molecule has 0 bridgehead atoms. The highest BCUT2D eigenvalue weighted by Crippen LogP contribution is 2.10. The van der Waals surface area contributed by atoms with Crippen molar-refractivity contribution in [1.82, 2.24) is 15.5 Å². The van der Waals surface area contributed by atoms with E-state index < -0.39 is 0 Å². The number of rotatable bonds is 10. The Hall–Kier alpha value is -1.35. The third-order valence-electron chi connectivity index (χ3n) is 4.22. The largest absolute Gasteiger partial charge is 0.378 e. The Labute approximate surface area is 187 Å². The van der Waals surface area contributed by atoms with Gasteiger partial charge in [0.1, 0.15) is 0 Å². The monoisotopic (exact) mass is 504 g/mol. The van der Waals surface area contributed by atoms with Crippen molar-refractivity contribution >= 4 is 35.8 Å². The van der Waals surface area contributed by atoms with Crippen LogP contribution in [0.25, 0.3) is 0 Å². The number of amides is 1. The van der Waals surface area contributed by atoms with Gasteiger partial charge in [-0.1, -0.05) is 26.0 Å². The molecule has 0 spiro atoms. The second kappa shape index (κ2) is 14.6. The first kappa shape index (κ1) is 26.6. The summed E-state index contributed by atoms with van der Waals surface area (Å²) in [5.74, 6) is 1.30. The average Bonchev–Trinajstić information content (AvgIpc) is 2.64. The number of halogens is 1. The smallest absolute Gasteiger partial charge is 0.253 e. The van der Waals surface area contributed by atoms with Gasteiger partial charge in [0, 0.05) is 39.4 Å². The van der Waals surface area contributed by atoms with Crippen LogP contribution in [0.4, 0.5) is 0 Å². The maximum atomic E-state index is 11.9. The van der Waals surface area contributed by atoms with Gasteiger partial charge in [-0.15, -0.1) is 24.0 Å². The van der Waals surface area contributed by atoms with Gasteiger partial charge >= 0.3 is 0 Å². The molecule has 1 unspecified atom stereocenters. The second-order valence-corrected chi connectivity index (χ2v) is 7.04. The number of benzene rings is 1. The second-order valence-electron chi connectivity index (χ2n) is 7.04. The first-order valence-corrected chi connectivity index (χ1v) is 9.83. The molecule has 1 aromatic carbocycles. The fourth-order valence-corrected chi connectivity index (χ4v) is 2.68. The van der Waals surface area contributed by atoms with Gasteiger partial charge in [-0.05, 0) is 43.9 Å². The molecule has 0 aliphatic rings. The summed E-state index contributed by atoms with van der Waals surface area (Å²) in [6, 6.07) is 7.60. The topological polar surface area (TPSA) is 66.0 Å². The van der Waals surface area contributed by atoms with Crippen molar-refractivity contribution in [1.29, 1.82) is 0 Å². The molecule has 1 atom stereocenters. The number of carbonyl (C=O) groups is 1. The molecule has 1 aromatic rings. The highest BCUT2D eigenvalue weighted by atomic mass is 127. The quantitative estimate of drug-likeness (QED) is 0.291. The Morgan fingerprint density at radius 3 is 2.29 bits per heavy atom. The molecule has 0 fully saturated rings. The van der Waals surface area contributed by atoms with Gasteiger partial charge in [0.2, 0.25) is 0 Å². The molecular weight excluding hydrogens is 467 g/mol. The summed E-state index contributed by atoms with van der Waals surface area (Å²) in [7, 11) is 3.51. The highest BCUT2D eigenvalue weighted by molar-refractivity contribution is 14.0. The lowest BCUT2D eigenvalue weighted by molar-refractivity contribution is 0.0258. The van der Waals surface area contributed by atoms with Crippen molar-refractivity contribution in [3.8, 4) is 0 Å². The minimum atomic E-state index is 0. The third kappa shape index (κ3) is 9.73. The van der Waals surface area contributed by atoms with Crippen molar-refractivity contribution < 1.29 is 9.53 Å². The number of aliphatic imine (C=N–C) groups is 1. The molecule has 0 aliphatic heterocycles. The molecule has 2 N–H and O–H groups in total. The minimum Gasteiger partial charge on any atom is -0.378 e. The van der Waals surface area contributed by atoms with Crippen LogP contribution in [0.15, 0.2) is 29.3 Å². The molecule has 6 nitrogen and oxygen atoms in total. The first-order valence-electron chi connectivity index (χ1n) is 9.83. The Bertz CT molecular complexity index is 589. The van der Waals surface area contributed by atoms with E-state index in [0.717, 1.165) is 37.6 Å². The standard InChI is InChI=1S/C21H36N4O2.HI/c1-7-22-21(23-14-13-19(16(3)4)27-8-2)24-15-17-9-11-18(12-10-17)20(26)25(5)6;/h9-12,16,19H,7-8,13-15H2,1-6H3,(H2,22,23,24);1H. The molecular formula is C21H37IN4O2. The van der Waals surface area contributed by atoms with E-state index >= 15 is 0 Å². The number of ether oxygens (including phenoxy) is 1. The van der Waals surface area contributed by atoms with Crippen LogP contribution in [-0.2, 0) is 11.3 Å². The minimum absolute atomic E-state index is 0. The van der Waals surface area contributed by atoms with Gasteiger partial charge in [-0.25, -0.2) is 4.99 Å². The Morgan fingerprint density at radius 2 is 1.79 bits per heavy atom. The molecule has 0 saturated carbocycles. The summed E-state index contributed by atoms with van der Waals surface area (Å²) in [6.45, 7) is 11.4. The van der Waals surface area contributed by atoms with E-state index in [4.69, 9.17) is 4.74 Å². The zero-order chi connectivity index (χ0) is 20.2. The molecule has 0 heterocycles. The predicted molar refractivity (Wildman–Crippen MR) is 128 cm³/mol. The van der Waals surface area contributed by atoms with Crippen LogP contribution in [0.3, 0.4) is 0 Å². The van der Waals surface area contributed by atoms with Gasteiger partial charge in [0.05, 0.1) is 12.6 Å². The van der Waals surface area contributed by atoms with E-state index in [1.807, 2.05) is 31.2 Å². The van der Waals surface area contributed by atoms with Crippen LogP contribution in [0, 0.1) is 5.92 Å². The van der Waals surface area contributed by atoms with Gasteiger partial charge < -0.3 is 20.3 Å². The Balaban J connectivity index is 0.00000729. The molecule has 0 saturated heterocycles. The van der Waals surface area contributed by atoms with Crippen molar-refractivity contribution in [3.05, 3.63) is 35.4 Å². The van der Waals surface area contributed by atoms with Crippen molar-refractivity contribution in [2.24, 2.45) is 10.9 Å². The summed E-state index contributed by atoms with van der Waals surface area (Å²) in [4.78, 5) is 18.2. The van der Waals surface area contributed by atoms with Crippen LogP contribution in [-0.4, -0.2) is 56.7 Å². The van der Waals surface area contributed by atoms with Gasteiger partial charge in [-0.2, -0.15) is 0 Å². The summed E-state index contributed by atoms with van der Waals surface area (Å²) in [5.41, 5.74) is 1.75. The number of hydrogen-bond donors (Lipinski definition) is 2. The third-order valence-corrected chi connectivity index (χ3v) is 4.22. The zero-order valence-corrected chi connectivity index (χ0v) is 20.4. The molecule has 160 valence electrons. The lowest BCUT2D eigenvalue weighted by atomic mass is 10.0. The van der Waals surface area contributed by atoms with Gasteiger partial charge in [-0.3, -0.25) is 4.79 Å². The fourth-order valence-electron chi connectivity index (χ4n) is 2.68. The Kier molecular flexibility index (Phi) is 13.9. The van der Waals surface area contributed by atoms with Crippen molar-refractivity contribution in [2.75, 3.05) is 33.8 Å². The number of nitrogens with one attached hydrogen (secondary N) is 2. The molecule has 0 radical (unpaired) electrons. The summed E-state index contributed by atoms with van der Waals surface area (Å²) >= 11 is 0. The van der Waals surface area contributed by atoms with E-state index in [0.29, 0.717) is 18.0 Å². The molecule has 28 heavy (non-hydrogen) atoms. The van der Waals surface area contributed by atoms with Gasteiger partial charge in [0.25, 0.3) is 5.91 Å². The highest BCUT2D eigenvalue weighted by Gasteiger charge is 2.13. The lowest BCUT2D eigenvalue weighted by Crippen LogP contribution is -2.39. The fraction of sp³-hybridized carbons (Fsp3) is 0.619. The normalized spacial score (nSPS) is 12.3. The summed E-state index contributed by atoms with van der Waals surface area (Å²) < 4.78 is 5.79. The SMILES string of the molecule is CCNC(=NCc1ccc(C(=O)N(C)C)cc1)NCCC(OCC)C(C)C.I. The van der Waals surface area contributed by atoms with E-state index in [1.165, 1.54) is 0 Å². The van der Waals surface area contributed by atoms with Gasteiger partial charge in [0.15, 0.2) is 5.96 Å². The molecule has 1 rings (SSSR count). The first-order chi connectivity index (χ1) is 12.9. The maximum Gasteiger partial charge on any atom is 0.253 e. The van der Waals surface area contributed by atoms with Crippen LogP contribution >= 0.6 is 24.0 Å². The number of hydrogen-bond acceptors (Lipinski definition) is 3. The van der Waals surface area contributed by atoms with Crippen LogP contribution in [0.1, 0.15) is 50.0 Å². The summed E-state index contributed by atoms with van der Waals surface area (Å²) in [6.07, 6.45) is 1.20. The van der Waals surface area contributed by atoms with Crippen LogP contribution in [0.2, 0.25) is 0 Å². The van der Waals surface area contributed by atoms with E-state index in [9.17, 15) is 4.79 Å². The van der Waals surface area contributed by atoms with Crippen LogP contribution < -0.4 is 10.6 Å². The lowest BCUT2D eigenvalue weighted by Gasteiger charge is -2.21. The zero-order valence-electron chi connectivity index (χ0n) is 18.1. The number of carbonyl (C=O) groups excluding carboxylic acids is 1. The van der Waals surface area contributed by atoms with E-state index in [2.05, 4.69) is 36.4 Å². The van der Waals surface area contributed by atoms with Crippen LogP contribution in [0.5, 0.6) is 0 Å². The van der Waals surface area contributed by atoms with Crippen molar-refractivity contribution in [2.45, 2.75) is 46.8 Å². The van der Waals surface area contributed by atoms with E-state index in [-0.39, 0.29) is 36.0 Å². The number of nitrogens with zero attached hydrogens (tertiary/aromatic N) is 2. The predicted octanol–water partition coefficient (Wildman–Crippen LogP) is 3.51. The number of guanidine groups is 1. The molecule has 0 aromatic heterocycles. The molecule has 0 aliphatic carbocycles. The molecule has 7 heteroatoms. The van der Waals surface area contributed by atoms with E-state index in [1.54, 1.807) is 19.0 Å². The maximum absolute atomic E-state index is 11.9. The van der Waals surface area contributed by atoms with Crippen molar-refractivity contribution in [3.63, 3.8) is 0 Å².